The minimum Gasteiger partial charge on any atom is -0.341 e. The Morgan fingerprint density at radius 2 is 1.93 bits per heavy atom. The Labute approximate surface area is 172 Å². The van der Waals surface area contributed by atoms with Gasteiger partial charge in [0.2, 0.25) is 5.91 Å². The summed E-state index contributed by atoms with van der Waals surface area (Å²) in [5.41, 5.74) is -0.0548. The van der Waals surface area contributed by atoms with Gasteiger partial charge in [-0.05, 0) is 19.9 Å². The van der Waals surface area contributed by atoms with E-state index in [9.17, 15) is 18.0 Å². The van der Waals surface area contributed by atoms with Gasteiger partial charge in [-0.1, -0.05) is 0 Å². The Bertz CT molecular complexity index is 771. The third-order valence-electron chi connectivity index (χ3n) is 4.69. The van der Waals surface area contributed by atoms with E-state index in [1.54, 1.807) is 36.1 Å². The van der Waals surface area contributed by atoms with E-state index in [1.165, 1.54) is 0 Å². The number of piperidine rings is 1. The minimum absolute atomic E-state index is 0. The van der Waals surface area contributed by atoms with E-state index < -0.39 is 17.9 Å². The highest BCUT2D eigenvalue weighted by molar-refractivity contribution is 5.85. The number of rotatable bonds is 4. The molecule has 1 saturated heterocycles. The summed E-state index contributed by atoms with van der Waals surface area (Å²) < 4.78 is 39.7. The molecule has 2 aromatic heterocycles. The van der Waals surface area contributed by atoms with Crippen molar-refractivity contribution in [2.24, 2.45) is 7.05 Å². The zero-order chi connectivity index (χ0) is 18.9. The van der Waals surface area contributed by atoms with E-state index in [1.807, 2.05) is 0 Å². The van der Waals surface area contributed by atoms with Gasteiger partial charge >= 0.3 is 6.18 Å². The molecule has 7 nitrogen and oxygen atoms in total. The fourth-order valence-corrected chi connectivity index (χ4v) is 3.27. The first-order chi connectivity index (χ1) is 12.3. The number of amides is 1. The van der Waals surface area contributed by atoms with Crippen molar-refractivity contribution >= 4 is 30.7 Å². The lowest BCUT2D eigenvalue weighted by atomic mass is 9.95. The maximum atomic E-state index is 12.8. The molecule has 2 N–H and O–H groups in total. The molecule has 158 valence electrons. The molecular weight excluding hydrogens is 420 g/mol. The highest BCUT2D eigenvalue weighted by atomic mass is 35.5. The fraction of sp³-hybridized carbons (Fsp3) is 0.562. The number of hydrogen-bond donors (Lipinski definition) is 2. The summed E-state index contributed by atoms with van der Waals surface area (Å²) in [6, 6.07) is -0.485. The molecule has 0 bridgehead atoms. The molecule has 1 fully saturated rings. The van der Waals surface area contributed by atoms with Gasteiger partial charge in [-0.2, -0.15) is 18.3 Å². The number of carbonyl (C=O) groups is 1. The second kappa shape index (κ2) is 9.62. The van der Waals surface area contributed by atoms with Crippen molar-refractivity contribution in [2.45, 2.75) is 31.0 Å². The molecule has 1 aliphatic rings. The van der Waals surface area contributed by atoms with Gasteiger partial charge in [-0.25, -0.2) is 4.98 Å². The van der Waals surface area contributed by atoms with Gasteiger partial charge in [0.25, 0.3) is 0 Å². The van der Waals surface area contributed by atoms with Gasteiger partial charge in [0.15, 0.2) is 0 Å². The number of aryl methyl sites for hydroxylation is 1. The lowest BCUT2D eigenvalue weighted by molar-refractivity contribution is -0.141. The zero-order valence-corrected chi connectivity index (χ0v) is 17.0. The largest absolute Gasteiger partial charge is 0.432 e. The average Bonchev–Trinajstić information content (AvgIpc) is 3.25. The van der Waals surface area contributed by atoms with Crippen LogP contribution in [0, 0.1) is 0 Å². The van der Waals surface area contributed by atoms with Crippen molar-refractivity contribution in [3.63, 3.8) is 0 Å². The Hall–Kier alpha value is -1.78. The predicted molar refractivity (Wildman–Crippen MR) is 102 cm³/mol. The molecule has 1 unspecified atom stereocenters. The topological polar surface area (TPSA) is 78.8 Å². The fourth-order valence-electron chi connectivity index (χ4n) is 3.27. The normalized spacial score (nSPS) is 16.2. The maximum absolute atomic E-state index is 12.8. The number of nitrogens with zero attached hydrogens (tertiary/aromatic N) is 4. The maximum Gasteiger partial charge on any atom is 0.432 e. The molecule has 1 aliphatic heterocycles. The molecule has 3 rings (SSSR count). The van der Waals surface area contributed by atoms with Crippen LogP contribution >= 0.6 is 24.8 Å². The Kier molecular flexibility index (Phi) is 8.33. The first kappa shape index (κ1) is 24.3. The van der Waals surface area contributed by atoms with Crippen molar-refractivity contribution in [3.8, 4) is 0 Å². The summed E-state index contributed by atoms with van der Waals surface area (Å²) in [7, 11) is 3.49. The van der Waals surface area contributed by atoms with E-state index >= 15 is 0 Å². The molecule has 0 radical (unpaired) electrons. The van der Waals surface area contributed by atoms with E-state index in [0.717, 1.165) is 11.8 Å². The van der Waals surface area contributed by atoms with Crippen molar-refractivity contribution in [2.75, 3.05) is 20.1 Å². The zero-order valence-electron chi connectivity index (χ0n) is 15.4. The van der Waals surface area contributed by atoms with Gasteiger partial charge in [0.05, 0.1) is 12.4 Å². The number of hydrogen-bond acceptors (Lipinski definition) is 4. The molecule has 1 atom stereocenters. The van der Waals surface area contributed by atoms with E-state index in [-0.39, 0.29) is 36.6 Å². The van der Waals surface area contributed by atoms with Crippen molar-refractivity contribution in [1.29, 1.82) is 0 Å². The minimum atomic E-state index is -4.42. The smallest absolute Gasteiger partial charge is 0.341 e. The van der Waals surface area contributed by atoms with Crippen molar-refractivity contribution < 1.29 is 18.0 Å². The number of aromatic nitrogens is 4. The first-order valence-electron chi connectivity index (χ1n) is 8.36. The van der Waals surface area contributed by atoms with Crippen LogP contribution in [-0.4, -0.2) is 50.7 Å². The Morgan fingerprint density at radius 1 is 1.29 bits per heavy atom. The summed E-state index contributed by atoms with van der Waals surface area (Å²) in [4.78, 5) is 20.7. The number of carbonyl (C=O) groups excluding carboxylic acids is 1. The Balaban J connectivity index is 0.00000196. The molecule has 1 amide bonds. The standard InChI is InChI=1S/C16H21F3N6O.2ClH/c1-20-13(11-7-22-24(2)9-11)15(26)25-5-3-10(4-6-25)14-21-8-12(23-14)16(17,18)19;;/h7-10,13,20H,3-6H2,1-2H3,(H,21,23);2*1H. The molecule has 0 spiro atoms. The second-order valence-corrected chi connectivity index (χ2v) is 6.45. The van der Waals surface area contributed by atoms with E-state index in [0.29, 0.717) is 31.8 Å². The third-order valence-corrected chi connectivity index (χ3v) is 4.69. The molecule has 0 saturated carbocycles. The third kappa shape index (κ3) is 5.18. The quantitative estimate of drug-likeness (QED) is 0.762. The van der Waals surface area contributed by atoms with E-state index in [4.69, 9.17) is 0 Å². The lowest BCUT2D eigenvalue weighted by Gasteiger charge is -2.33. The van der Waals surface area contributed by atoms with Gasteiger partial charge < -0.3 is 15.2 Å². The molecule has 3 heterocycles. The number of likely N-dealkylation sites (tertiary alicyclic amines) is 1. The number of aromatic amines is 1. The lowest BCUT2D eigenvalue weighted by Crippen LogP contribution is -2.43. The van der Waals surface area contributed by atoms with Gasteiger partial charge in [-0.15, -0.1) is 24.8 Å². The van der Waals surface area contributed by atoms with Gasteiger partial charge in [0.1, 0.15) is 17.6 Å². The second-order valence-electron chi connectivity index (χ2n) is 6.45. The van der Waals surface area contributed by atoms with Gasteiger partial charge in [0, 0.05) is 37.8 Å². The molecular formula is C16H23Cl2F3N6O. The van der Waals surface area contributed by atoms with Crippen LogP contribution in [0.1, 0.15) is 41.9 Å². The highest BCUT2D eigenvalue weighted by Crippen LogP contribution is 2.32. The Morgan fingerprint density at radius 3 is 2.39 bits per heavy atom. The SMILES string of the molecule is CNC(C(=O)N1CCC(c2ncc(C(F)(F)F)[nH]2)CC1)c1cnn(C)c1.Cl.Cl. The van der Waals surface area contributed by atoms with Crippen molar-refractivity contribution in [3.05, 3.63) is 35.7 Å². The van der Waals surface area contributed by atoms with Crippen LogP contribution in [0.4, 0.5) is 13.2 Å². The molecule has 2 aromatic rings. The number of H-pyrrole nitrogens is 1. The van der Waals surface area contributed by atoms with Crippen molar-refractivity contribution in [1.82, 2.24) is 30.0 Å². The summed E-state index contributed by atoms with van der Waals surface area (Å²) in [5.74, 6) is 0.165. The monoisotopic (exact) mass is 442 g/mol. The highest BCUT2D eigenvalue weighted by Gasteiger charge is 2.35. The first-order valence-corrected chi connectivity index (χ1v) is 8.36. The molecule has 0 aliphatic carbocycles. The number of imidazole rings is 1. The van der Waals surface area contributed by atoms with Gasteiger partial charge in [-0.3, -0.25) is 9.48 Å². The number of nitrogens with one attached hydrogen (secondary N) is 2. The van der Waals surface area contributed by atoms with Crippen LogP contribution in [0.25, 0.3) is 0 Å². The van der Waals surface area contributed by atoms with Crippen LogP contribution in [0.15, 0.2) is 18.6 Å². The van der Waals surface area contributed by atoms with Crippen LogP contribution in [0.2, 0.25) is 0 Å². The van der Waals surface area contributed by atoms with Crippen LogP contribution in [0.3, 0.4) is 0 Å². The summed E-state index contributed by atoms with van der Waals surface area (Å²) in [6.45, 7) is 0.952. The molecule has 28 heavy (non-hydrogen) atoms. The summed E-state index contributed by atoms with van der Waals surface area (Å²) in [6.07, 6.45) is 0.971. The molecule has 12 heteroatoms. The van der Waals surface area contributed by atoms with Crippen LogP contribution < -0.4 is 5.32 Å². The van der Waals surface area contributed by atoms with Crippen LogP contribution in [-0.2, 0) is 18.0 Å². The number of alkyl halides is 3. The summed E-state index contributed by atoms with van der Waals surface area (Å²) >= 11 is 0. The average molecular weight is 443 g/mol. The van der Waals surface area contributed by atoms with Crippen LogP contribution in [0.5, 0.6) is 0 Å². The number of halogens is 5. The summed E-state index contributed by atoms with van der Waals surface area (Å²) in [5, 5.41) is 7.09. The predicted octanol–water partition coefficient (Wildman–Crippen LogP) is 2.67. The van der Waals surface area contributed by atoms with E-state index in [2.05, 4.69) is 20.4 Å². The molecule has 0 aromatic carbocycles. The number of likely N-dealkylation sites (N-methyl/N-ethyl adjacent to an activating group) is 1.